The summed E-state index contributed by atoms with van der Waals surface area (Å²) in [6.07, 6.45) is 0. The molecule has 0 amide bonds. The topological polar surface area (TPSA) is 88.6 Å². The molecule has 2 atom stereocenters. The van der Waals surface area contributed by atoms with Gasteiger partial charge in [-0.3, -0.25) is 0 Å². The number of hydrogen-bond acceptors (Lipinski definition) is 6. The van der Waals surface area contributed by atoms with Crippen LogP contribution < -0.4 is 21.3 Å². The van der Waals surface area contributed by atoms with E-state index in [0.29, 0.717) is 0 Å². The van der Waals surface area contributed by atoms with Gasteiger partial charge in [-0.25, -0.2) is 0 Å². The van der Waals surface area contributed by atoms with Gasteiger partial charge < -0.3 is 31.5 Å². The van der Waals surface area contributed by atoms with Crippen molar-refractivity contribution >= 4 is 0 Å². The highest BCUT2D eigenvalue weighted by Gasteiger charge is 2.09. The number of aliphatic hydroxyl groups excluding tert-OH is 2. The maximum Gasteiger partial charge on any atom is 0.0597 e. The van der Waals surface area contributed by atoms with E-state index < -0.39 is 0 Å². The van der Waals surface area contributed by atoms with Gasteiger partial charge in [0, 0.05) is 51.4 Å². The molecule has 0 aromatic carbocycles. The summed E-state index contributed by atoms with van der Waals surface area (Å²) in [5.74, 6) is 0. The molecule has 2 rings (SSSR count). The lowest BCUT2D eigenvalue weighted by Crippen LogP contribution is -2.49. The summed E-state index contributed by atoms with van der Waals surface area (Å²) in [6.45, 7) is 6.29. The molecular formula is C10H24N4O2. The zero-order chi connectivity index (χ0) is 11.6. The largest absolute Gasteiger partial charge is 0.395 e. The summed E-state index contributed by atoms with van der Waals surface area (Å²) in [4.78, 5) is 0. The zero-order valence-corrected chi connectivity index (χ0v) is 9.71. The number of nitrogens with one attached hydrogen (secondary N) is 4. The van der Waals surface area contributed by atoms with Crippen LogP contribution in [-0.4, -0.2) is 74.8 Å². The molecule has 96 valence electrons. The predicted molar refractivity (Wildman–Crippen MR) is 63.5 cm³/mol. The summed E-state index contributed by atoms with van der Waals surface area (Å²) >= 11 is 0. The van der Waals surface area contributed by atoms with E-state index in [-0.39, 0.29) is 25.3 Å². The molecule has 2 fully saturated rings. The Bertz CT molecular complexity index is 141. The predicted octanol–water partition coefficient (Wildman–Crippen LogP) is -2.92. The fourth-order valence-electron chi connectivity index (χ4n) is 1.68. The summed E-state index contributed by atoms with van der Waals surface area (Å²) in [7, 11) is 0. The SMILES string of the molecule is OCC1CNCCN1.OCC1CNCCN1. The minimum absolute atomic E-state index is 0.243. The highest BCUT2D eigenvalue weighted by atomic mass is 16.3. The molecule has 6 nitrogen and oxygen atoms in total. The van der Waals surface area contributed by atoms with Gasteiger partial charge in [0.05, 0.1) is 13.2 Å². The van der Waals surface area contributed by atoms with E-state index in [4.69, 9.17) is 10.2 Å². The van der Waals surface area contributed by atoms with Gasteiger partial charge in [0.25, 0.3) is 0 Å². The Kier molecular flexibility index (Phi) is 7.65. The maximum atomic E-state index is 8.59. The average Bonchev–Trinajstić information content (AvgIpc) is 2.41. The molecular weight excluding hydrogens is 208 g/mol. The molecule has 0 saturated carbocycles. The number of aliphatic hydroxyl groups is 2. The highest BCUT2D eigenvalue weighted by Crippen LogP contribution is 1.83. The molecule has 2 heterocycles. The van der Waals surface area contributed by atoms with Crippen molar-refractivity contribution in [2.75, 3.05) is 52.5 Å². The first-order valence-electron chi connectivity index (χ1n) is 5.96. The van der Waals surface area contributed by atoms with Crippen molar-refractivity contribution in [2.24, 2.45) is 0 Å². The van der Waals surface area contributed by atoms with Gasteiger partial charge in [0.1, 0.15) is 0 Å². The lowest BCUT2D eigenvalue weighted by atomic mass is 10.2. The van der Waals surface area contributed by atoms with Crippen LogP contribution >= 0.6 is 0 Å². The minimum Gasteiger partial charge on any atom is -0.395 e. The van der Waals surface area contributed by atoms with Crippen LogP contribution in [0.1, 0.15) is 0 Å². The van der Waals surface area contributed by atoms with Crippen molar-refractivity contribution < 1.29 is 10.2 Å². The molecule has 0 spiro atoms. The van der Waals surface area contributed by atoms with E-state index >= 15 is 0 Å². The summed E-state index contributed by atoms with van der Waals surface area (Å²) in [5.41, 5.74) is 0. The Labute approximate surface area is 96.8 Å². The highest BCUT2D eigenvalue weighted by molar-refractivity contribution is 4.74. The van der Waals surface area contributed by atoms with Gasteiger partial charge in [-0.15, -0.1) is 0 Å². The fraction of sp³-hybridized carbons (Fsp3) is 1.00. The molecule has 6 N–H and O–H groups in total. The minimum atomic E-state index is 0.243. The van der Waals surface area contributed by atoms with Crippen LogP contribution in [0.3, 0.4) is 0 Å². The third-order valence-corrected chi connectivity index (χ3v) is 2.69. The smallest absolute Gasteiger partial charge is 0.0597 e. The van der Waals surface area contributed by atoms with E-state index in [1.165, 1.54) is 0 Å². The van der Waals surface area contributed by atoms with Gasteiger partial charge in [-0.1, -0.05) is 0 Å². The quantitative estimate of drug-likeness (QED) is 0.306. The third-order valence-electron chi connectivity index (χ3n) is 2.69. The van der Waals surface area contributed by atoms with Crippen LogP contribution in [0.25, 0.3) is 0 Å². The summed E-state index contributed by atoms with van der Waals surface area (Å²) in [5, 5.41) is 29.8. The van der Waals surface area contributed by atoms with Gasteiger partial charge in [-0.05, 0) is 0 Å². The first kappa shape index (κ1) is 13.8. The molecule has 0 bridgehead atoms. The van der Waals surface area contributed by atoms with Crippen molar-refractivity contribution in [1.29, 1.82) is 0 Å². The zero-order valence-electron chi connectivity index (χ0n) is 9.71. The van der Waals surface area contributed by atoms with Crippen LogP contribution in [0.2, 0.25) is 0 Å². The van der Waals surface area contributed by atoms with Crippen LogP contribution in [0.4, 0.5) is 0 Å². The van der Waals surface area contributed by atoms with Crippen LogP contribution in [0.15, 0.2) is 0 Å². The Morgan fingerprint density at radius 3 is 1.38 bits per heavy atom. The van der Waals surface area contributed by atoms with Gasteiger partial charge in [0.2, 0.25) is 0 Å². The third kappa shape index (κ3) is 5.74. The Morgan fingerprint density at radius 2 is 1.19 bits per heavy atom. The molecule has 2 saturated heterocycles. The Balaban J connectivity index is 0.000000160. The molecule has 0 aliphatic carbocycles. The molecule has 6 heteroatoms. The molecule has 2 unspecified atom stereocenters. The van der Waals surface area contributed by atoms with Crippen molar-refractivity contribution in [3.63, 3.8) is 0 Å². The molecule has 0 aromatic heterocycles. The Hall–Kier alpha value is -0.240. The first-order valence-corrected chi connectivity index (χ1v) is 5.96. The van der Waals surface area contributed by atoms with E-state index in [1.54, 1.807) is 0 Å². The van der Waals surface area contributed by atoms with Crippen LogP contribution in [0.5, 0.6) is 0 Å². The lowest BCUT2D eigenvalue weighted by Gasteiger charge is -2.21. The number of rotatable bonds is 2. The molecule has 2 aliphatic rings. The van der Waals surface area contributed by atoms with Crippen LogP contribution in [0, 0.1) is 0 Å². The van der Waals surface area contributed by atoms with Gasteiger partial charge in [0.15, 0.2) is 0 Å². The maximum absolute atomic E-state index is 8.59. The standard InChI is InChI=1S/2C5H12N2O/c2*8-4-5-3-6-1-2-7-5/h2*5-8H,1-4H2. The molecule has 0 aromatic rings. The normalized spacial score (nSPS) is 30.4. The average molecular weight is 232 g/mol. The second kappa shape index (κ2) is 8.86. The summed E-state index contributed by atoms with van der Waals surface area (Å²) < 4.78 is 0. The molecule has 16 heavy (non-hydrogen) atoms. The van der Waals surface area contributed by atoms with E-state index in [0.717, 1.165) is 39.3 Å². The fourth-order valence-corrected chi connectivity index (χ4v) is 1.68. The van der Waals surface area contributed by atoms with E-state index in [2.05, 4.69) is 21.3 Å². The Morgan fingerprint density at radius 1 is 0.750 bits per heavy atom. The van der Waals surface area contributed by atoms with Crippen molar-refractivity contribution in [3.05, 3.63) is 0 Å². The van der Waals surface area contributed by atoms with E-state index in [9.17, 15) is 0 Å². The van der Waals surface area contributed by atoms with Crippen molar-refractivity contribution in [1.82, 2.24) is 21.3 Å². The molecule has 0 radical (unpaired) electrons. The monoisotopic (exact) mass is 232 g/mol. The number of piperazine rings is 2. The lowest BCUT2D eigenvalue weighted by molar-refractivity contribution is 0.227. The second-order valence-electron chi connectivity index (χ2n) is 4.08. The van der Waals surface area contributed by atoms with Crippen LogP contribution in [-0.2, 0) is 0 Å². The number of hydrogen-bond donors (Lipinski definition) is 6. The van der Waals surface area contributed by atoms with Crippen molar-refractivity contribution in [2.45, 2.75) is 12.1 Å². The van der Waals surface area contributed by atoms with Crippen molar-refractivity contribution in [3.8, 4) is 0 Å². The van der Waals surface area contributed by atoms with E-state index in [1.807, 2.05) is 0 Å². The van der Waals surface area contributed by atoms with Gasteiger partial charge >= 0.3 is 0 Å². The first-order chi connectivity index (χ1) is 7.86. The molecule has 2 aliphatic heterocycles. The second-order valence-corrected chi connectivity index (χ2v) is 4.08. The van der Waals surface area contributed by atoms with Gasteiger partial charge in [-0.2, -0.15) is 0 Å². The summed E-state index contributed by atoms with van der Waals surface area (Å²) in [6, 6.07) is 0.562.